The Balaban J connectivity index is 1.57. The van der Waals surface area contributed by atoms with Crippen molar-refractivity contribution >= 4 is 22.9 Å². The van der Waals surface area contributed by atoms with Crippen LogP contribution < -0.4 is 0 Å². The zero-order chi connectivity index (χ0) is 24.4. The molecule has 7 heteroatoms. The molecule has 0 aliphatic carbocycles. The SMILES string of the molecule is CCOC(=O)c1ccc2c(c1)nc(-c1cccc(-c3ccc(F)cc3)c1)n2CCN1CCCC1=O. The maximum absolute atomic E-state index is 13.4. The fraction of sp³-hybridized carbons (Fsp3) is 0.250. The van der Waals surface area contributed by atoms with Gasteiger partial charge in [0.2, 0.25) is 5.91 Å². The Hall–Kier alpha value is -4.00. The second-order valence-electron chi connectivity index (χ2n) is 8.58. The third-order valence-electron chi connectivity index (χ3n) is 6.32. The van der Waals surface area contributed by atoms with Gasteiger partial charge < -0.3 is 14.2 Å². The van der Waals surface area contributed by atoms with Crippen molar-refractivity contribution in [1.29, 1.82) is 0 Å². The summed E-state index contributed by atoms with van der Waals surface area (Å²) in [4.78, 5) is 31.2. The smallest absolute Gasteiger partial charge is 0.338 e. The molecule has 1 saturated heterocycles. The van der Waals surface area contributed by atoms with Gasteiger partial charge in [0.05, 0.1) is 23.2 Å². The number of esters is 1. The first-order valence-electron chi connectivity index (χ1n) is 11.8. The number of amides is 1. The highest BCUT2D eigenvalue weighted by Crippen LogP contribution is 2.30. The van der Waals surface area contributed by atoms with E-state index in [1.54, 1.807) is 31.2 Å². The van der Waals surface area contributed by atoms with Gasteiger partial charge in [0.15, 0.2) is 0 Å². The molecule has 3 aromatic carbocycles. The molecule has 178 valence electrons. The highest BCUT2D eigenvalue weighted by molar-refractivity contribution is 5.94. The number of rotatable bonds is 7. The standard InChI is InChI=1S/C28H26FN3O3/c1-2-35-28(34)22-10-13-25-24(18-22)30-27(32(25)16-15-31-14-4-7-26(31)33)21-6-3-5-20(17-21)19-8-11-23(29)12-9-19/h3,5-6,8-13,17-18H,2,4,7,14-16H2,1H3. The van der Waals surface area contributed by atoms with Crippen LogP contribution in [0.25, 0.3) is 33.5 Å². The number of hydrogen-bond acceptors (Lipinski definition) is 4. The molecule has 0 spiro atoms. The zero-order valence-corrected chi connectivity index (χ0v) is 19.5. The third-order valence-corrected chi connectivity index (χ3v) is 6.32. The molecule has 35 heavy (non-hydrogen) atoms. The topological polar surface area (TPSA) is 64.4 Å². The number of halogens is 1. The van der Waals surface area contributed by atoms with E-state index in [4.69, 9.17) is 9.72 Å². The van der Waals surface area contributed by atoms with Gasteiger partial charge in [-0.3, -0.25) is 4.79 Å². The summed E-state index contributed by atoms with van der Waals surface area (Å²) in [5.74, 6) is 0.266. The highest BCUT2D eigenvalue weighted by atomic mass is 19.1. The van der Waals surface area contributed by atoms with E-state index in [1.807, 2.05) is 35.2 Å². The second-order valence-corrected chi connectivity index (χ2v) is 8.58. The number of hydrogen-bond donors (Lipinski definition) is 0. The van der Waals surface area contributed by atoms with Crippen LogP contribution in [-0.4, -0.2) is 46.0 Å². The number of fused-ring (bicyclic) bond motifs is 1. The average Bonchev–Trinajstić information content (AvgIpc) is 3.45. The number of likely N-dealkylation sites (tertiary alicyclic amines) is 1. The van der Waals surface area contributed by atoms with Crippen LogP contribution in [0.15, 0.2) is 66.7 Å². The lowest BCUT2D eigenvalue weighted by Crippen LogP contribution is -2.28. The maximum atomic E-state index is 13.4. The fourth-order valence-electron chi connectivity index (χ4n) is 4.56. The quantitative estimate of drug-likeness (QED) is 0.343. The molecular formula is C28H26FN3O3. The van der Waals surface area contributed by atoms with Crippen LogP contribution in [0.1, 0.15) is 30.1 Å². The van der Waals surface area contributed by atoms with Crippen molar-refractivity contribution < 1.29 is 18.7 Å². The van der Waals surface area contributed by atoms with Gasteiger partial charge in [-0.05, 0) is 60.9 Å². The molecule has 1 fully saturated rings. The number of aromatic nitrogens is 2. The molecule has 1 aromatic heterocycles. The molecule has 5 rings (SSSR count). The molecule has 0 N–H and O–H groups in total. The van der Waals surface area contributed by atoms with Crippen LogP contribution in [-0.2, 0) is 16.1 Å². The van der Waals surface area contributed by atoms with Gasteiger partial charge in [0, 0.05) is 31.6 Å². The van der Waals surface area contributed by atoms with Gasteiger partial charge in [-0.2, -0.15) is 0 Å². The summed E-state index contributed by atoms with van der Waals surface area (Å²) >= 11 is 0. The monoisotopic (exact) mass is 471 g/mol. The van der Waals surface area contributed by atoms with Gasteiger partial charge in [0.1, 0.15) is 11.6 Å². The van der Waals surface area contributed by atoms with Crippen molar-refractivity contribution in [2.75, 3.05) is 19.7 Å². The van der Waals surface area contributed by atoms with E-state index in [9.17, 15) is 14.0 Å². The Labute approximate surface area is 203 Å². The van der Waals surface area contributed by atoms with E-state index in [0.29, 0.717) is 37.2 Å². The van der Waals surface area contributed by atoms with Gasteiger partial charge in [-0.25, -0.2) is 14.2 Å². The van der Waals surface area contributed by atoms with Crippen LogP contribution in [0.4, 0.5) is 4.39 Å². The van der Waals surface area contributed by atoms with Gasteiger partial charge in [0.25, 0.3) is 0 Å². The Bertz CT molecular complexity index is 1390. The molecule has 0 bridgehead atoms. The molecule has 4 aromatic rings. The van der Waals surface area contributed by atoms with E-state index in [2.05, 4.69) is 4.57 Å². The first kappa shape index (κ1) is 22.8. The van der Waals surface area contributed by atoms with E-state index < -0.39 is 0 Å². The average molecular weight is 472 g/mol. The highest BCUT2D eigenvalue weighted by Gasteiger charge is 2.21. The van der Waals surface area contributed by atoms with Crippen molar-refractivity contribution in [3.8, 4) is 22.5 Å². The number of imidazole rings is 1. The van der Waals surface area contributed by atoms with Crippen molar-refractivity contribution in [3.63, 3.8) is 0 Å². The predicted octanol–water partition coefficient (Wildman–Crippen LogP) is 5.31. The van der Waals surface area contributed by atoms with E-state index >= 15 is 0 Å². The van der Waals surface area contributed by atoms with Crippen LogP contribution in [0.3, 0.4) is 0 Å². The summed E-state index contributed by atoms with van der Waals surface area (Å²) < 4.78 is 20.7. The number of carbonyl (C=O) groups excluding carboxylic acids is 2. The van der Waals surface area contributed by atoms with Gasteiger partial charge in [-0.15, -0.1) is 0 Å². The lowest BCUT2D eigenvalue weighted by atomic mass is 10.0. The van der Waals surface area contributed by atoms with Crippen LogP contribution in [0, 0.1) is 5.82 Å². The molecular weight excluding hydrogens is 445 g/mol. The molecule has 0 saturated carbocycles. The minimum Gasteiger partial charge on any atom is -0.462 e. The van der Waals surface area contributed by atoms with Gasteiger partial charge in [-0.1, -0.05) is 30.3 Å². The first-order valence-corrected chi connectivity index (χ1v) is 11.8. The minimum absolute atomic E-state index is 0.180. The summed E-state index contributed by atoms with van der Waals surface area (Å²) in [7, 11) is 0. The molecule has 6 nitrogen and oxygen atoms in total. The summed E-state index contributed by atoms with van der Waals surface area (Å²) in [6.07, 6.45) is 1.49. The zero-order valence-electron chi connectivity index (χ0n) is 19.5. The molecule has 1 aliphatic rings. The van der Waals surface area contributed by atoms with E-state index in [1.165, 1.54) is 12.1 Å². The molecule has 0 radical (unpaired) electrons. The summed E-state index contributed by atoms with van der Waals surface area (Å²) in [6.45, 7) is 4.02. The van der Waals surface area contributed by atoms with Crippen molar-refractivity contribution in [2.24, 2.45) is 0 Å². The number of nitrogens with zero attached hydrogens (tertiary/aromatic N) is 3. The van der Waals surface area contributed by atoms with Crippen molar-refractivity contribution in [3.05, 3.63) is 78.1 Å². The van der Waals surface area contributed by atoms with Gasteiger partial charge >= 0.3 is 5.97 Å². The Morgan fingerprint density at radius 1 is 1.00 bits per heavy atom. The first-order chi connectivity index (χ1) is 17.0. The Morgan fingerprint density at radius 2 is 1.80 bits per heavy atom. The largest absolute Gasteiger partial charge is 0.462 e. The fourth-order valence-corrected chi connectivity index (χ4v) is 4.56. The second kappa shape index (κ2) is 9.70. The lowest BCUT2D eigenvalue weighted by Gasteiger charge is -2.17. The number of benzene rings is 3. The summed E-state index contributed by atoms with van der Waals surface area (Å²) in [6, 6.07) is 19.7. The molecule has 0 unspecified atom stereocenters. The Morgan fingerprint density at radius 3 is 2.54 bits per heavy atom. The Kier molecular flexibility index (Phi) is 6.31. The molecule has 1 aliphatic heterocycles. The summed E-state index contributed by atoms with van der Waals surface area (Å²) in [5, 5.41) is 0. The van der Waals surface area contributed by atoms with Crippen LogP contribution in [0.5, 0.6) is 0 Å². The summed E-state index contributed by atoms with van der Waals surface area (Å²) in [5.41, 5.74) is 4.77. The number of ether oxygens (including phenoxy) is 1. The van der Waals surface area contributed by atoms with Crippen LogP contribution >= 0.6 is 0 Å². The normalized spacial score (nSPS) is 13.5. The maximum Gasteiger partial charge on any atom is 0.338 e. The van der Waals surface area contributed by atoms with Crippen molar-refractivity contribution in [2.45, 2.75) is 26.3 Å². The molecule has 1 amide bonds. The molecule has 2 heterocycles. The van der Waals surface area contributed by atoms with E-state index in [-0.39, 0.29) is 17.7 Å². The third kappa shape index (κ3) is 4.67. The minimum atomic E-state index is -0.383. The molecule has 0 atom stereocenters. The van der Waals surface area contributed by atoms with Crippen molar-refractivity contribution in [1.82, 2.24) is 14.5 Å². The lowest BCUT2D eigenvalue weighted by molar-refractivity contribution is -0.127. The number of carbonyl (C=O) groups is 2. The van der Waals surface area contributed by atoms with Crippen LogP contribution in [0.2, 0.25) is 0 Å². The predicted molar refractivity (Wildman–Crippen MR) is 132 cm³/mol. The van der Waals surface area contributed by atoms with E-state index in [0.717, 1.165) is 41.0 Å².